The second-order valence-electron chi connectivity index (χ2n) is 3.16. The summed E-state index contributed by atoms with van der Waals surface area (Å²) in [6, 6.07) is 4.46. The summed E-state index contributed by atoms with van der Waals surface area (Å²) in [7, 11) is 0. The van der Waals surface area contributed by atoms with Crippen molar-refractivity contribution in [2.45, 2.75) is 26.7 Å². The van der Waals surface area contributed by atoms with Crippen molar-refractivity contribution in [1.29, 1.82) is 0 Å². The van der Waals surface area contributed by atoms with Crippen LogP contribution in [0.3, 0.4) is 0 Å². The number of fused-ring (bicyclic) bond motifs is 1. The first-order chi connectivity index (χ1) is 4.79. The largest absolute Gasteiger partial charge is 0.0588 e. The molecule has 0 spiro atoms. The van der Waals surface area contributed by atoms with Crippen molar-refractivity contribution in [2.24, 2.45) is 0 Å². The lowest BCUT2D eigenvalue weighted by Gasteiger charge is -2.23. The molecule has 0 aliphatic heterocycles. The van der Waals surface area contributed by atoms with Gasteiger partial charge in [-0.1, -0.05) is 12.1 Å². The Labute approximate surface area is 61.9 Å². The van der Waals surface area contributed by atoms with Crippen LogP contribution in [0.5, 0.6) is 0 Å². The Balaban J connectivity index is 2.66. The molecule has 0 heterocycles. The lowest BCUT2D eigenvalue weighted by atomic mass is 9.82. The Kier molecular flexibility index (Phi) is 1.10. The van der Waals surface area contributed by atoms with Gasteiger partial charge in [0, 0.05) is 0 Å². The summed E-state index contributed by atoms with van der Waals surface area (Å²) in [6.07, 6.45) is 2.62. The van der Waals surface area contributed by atoms with Gasteiger partial charge in [-0.05, 0) is 48.9 Å². The second-order valence-corrected chi connectivity index (χ2v) is 3.16. The quantitative estimate of drug-likeness (QED) is 0.508. The van der Waals surface area contributed by atoms with E-state index in [9.17, 15) is 0 Å². The third-order valence-corrected chi connectivity index (χ3v) is 2.52. The van der Waals surface area contributed by atoms with Crippen molar-refractivity contribution < 1.29 is 0 Å². The van der Waals surface area contributed by atoms with Crippen LogP contribution in [-0.4, -0.2) is 0 Å². The highest BCUT2D eigenvalue weighted by Crippen LogP contribution is 2.28. The molecular weight excluding hydrogens is 120 g/mol. The van der Waals surface area contributed by atoms with Crippen LogP contribution >= 0.6 is 0 Å². The summed E-state index contributed by atoms with van der Waals surface area (Å²) in [5.74, 6) is 0. The Morgan fingerprint density at radius 2 is 1.30 bits per heavy atom. The van der Waals surface area contributed by atoms with E-state index in [1.54, 1.807) is 11.1 Å². The van der Waals surface area contributed by atoms with E-state index in [-0.39, 0.29) is 0 Å². The molecule has 52 valence electrons. The van der Waals surface area contributed by atoms with Crippen molar-refractivity contribution in [3.63, 3.8) is 0 Å². The van der Waals surface area contributed by atoms with Gasteiger partial charge in [-0.15, -0.1) is 0 Å². The van der Waals surface area contributed by atoms with Crippen LogP contribution in [0.25, 0.3) is 0 Å². The van der Waals surface area contributed by atoms with Crippen molar-refractivity contribution in [1.82, 2.24) is 0 Å². The molecule has 0 heteroatoms. The number of hydrogen-bond acceptors (Lipinski definition) is 0. The molecule has 0 aromatic heterocycles. The lowest BCUT2D eigenvalue weighted by Crippen LogP contribution is -2.12. The van der Waals surface area contributed by atoms with Gasteiger partial charge in [-0.25, -0.2) is 0 Å². The molecule has 0 unspecified atom stereocenters. The first-order valence-electron chi connectivity index (χ1n) is 3.87. The highest BCUT2D eigenvalue weighted by molar-refractivity contribution is 5.45. The summed E-state index contributed by atoms with van der Waals surface area (Å²) < 4.78 is 0. The topological polar surface area (TPSA) is 0 Å². The Morgan fingerprint density at radius 1 is 0.900 bits per heavy atom. The van der Waals surface area contributed by atoms with Gasteiger partial charge >= 0.3 is 0 Å². The summed E-state index contributed by atoms with van der Waals surface area (Å²) >= 11 is 0. The van der Waals surface area contributed by atoms with Crippen molar-refractivity contribution in [3.05, 3.63) is 34.4 Å². The average Bonchev–Trinajstić information content (AvgIpc) is 1.78. The van der Waals surface area contributed by atoms with Gasteiger partial charge in [-0.3, -0.25) is 0 Å². The molecule has 0 bridgehead atoms. The van der Waals surface area contributed by atoms with E-state index in [4.69, 9.17) is 0 Å². The van der Waals surface area contributed by atoms with Gasteiger partial charge < -0.3 is 0 Å². The van der Waals surface area contributed by atoms with Gasteiger partial charge in [0.2, 0.25) is 0 Å². The normalized spacial score (nSPS) is 14.2. The van der Waals surface area contributed by atoms with Crippen LogP contribution in [0.2, 0.25) is 0 Å². The predicted octanol–water partition coefficient (Wildman–Crippen LogP) is 2.40. The third-order valence-electron chi connectivity index (χ3n) is 2.52. The predicted molar refractivity (Wildman–Crippen MR) is 43.3 cm³/mol. The highest BCUT2D eigenvalue weighted by atomic mass is 14.2. The van der Waals surface area contributed by atoms with Crippen LogP contribution in [0, 0.1) is 13.8 Å². The lowest BCUT2D eigenvalue weighted by molar-refractivity contribution is 0.816. The monoisotopic (exact) mass is 132 g/mol. The van der Waals surface area contributed by atoms with Gasteiger partial charge in [-0.2, -0.15) is 0 Å². The van der Waals surface area contributed by atoms with Crippen LogP contribution in [-0.2, 0) is 12.8 Å². The molecule has 1 aliphatic rings. The Hall–Kier alpha value is -0.780. The SMILES string of the molecule is Cc1ccc(C)c2c1CC2. The smallest absolute Gasteiger partial charge is 0.0233 e. The van der Waals surface area contributed by atoms with Crippen molar-refractivity contribution in [3.8, 4) is 0 Å². The van der Waals surface area contributed by atoms with E-state index in [0.29, 0.717) is 0 Å². The van der Waals surface area contributed by atoms with Crippen LogP contribution < -0.4 is 0 Å². The first kappa shape index (κ1) is 5.96. The van der Waals surface area contributed by atoms with Crippen LogP contribution in [0.1, 0.15) is 22.3 Å². The Morgan fingerprint density at radius 3 is 1.60 bits per heavy atom. The van der Waals surface area contributed by atoms with Crippen LogP contribution in [0.15, 0.2) is 12.1 Å². The molecule has 0 nitrogen and oxygen atoms in total. The maximum absolute atomic E-state index is 2.23. The second kappa shape index (κ2) is 1.85. The van der Waals surface area contributed by atoms with E-state index in [2.05, 4.69) is 26.0 Å². The molecule has 1 aromatic rings. The molecular formula is C10H12. The van der Waals surface area contributed by atoms with Gasteiger partial charge in [0.25, 0.3) is 0 Å². The number of rotatable bonds is 0. The molecule has 10 heavy (non-hydrogen) atoms. The van der Waals surface area contributed by atoms with E-state index in [1.807, 2.05) is 0 Å². The summed E-state index contributed by atoms with van der Waals surface area (Å²) in [5, 5.41) is 0. The molecule has 1 aliphatic carbocycles. The number of hydrogen-bond donors (Lipinski definition) is 0. The molecule has 0 fully saturated rings. The van der Waals surface area contributed by atoms with Gasteiger partial charge in [0.05, 0.1) is 0 Å². The van der Waals surface area contributed by atoms with Crippen molar-refractivity contribution in [2.75, 3.05) is 0 Å². The summed E-state index contributed by atoms with van der Waals surface area (Å²) in [4.78, 5) is 0. The van der Waals surface area contributed by atoms with E-state index >= 15 is 0 Å². The first-order valence-corrected chi connectivity index (χ1v) is 3.87. The van der Waals surface area contributed by atoms with Gasteiger partial charge in [0.1, 0.15) is 0 Å². The zero-order valence-electron chi connectivity index (χ0n) is 6.57. The maximum atomic E-state index is 2.23. The van der Waals surface area contributed by atoms with Gasteiger partial charge in [0.15, 0.2) is 0 Å². The molecule has 2 rings (SSSR count). The molecule has 0 radical (unpaired) electrons. The number of aryl methyl sites for hydroxylation is 2. The van der Waals surface area contributed by atoms with E-state index in [0.717, 1.165) is 0 Å². The molecule has 0 N–H and O–H groups in total. The Bertz CT molecular complexity index is 243. The highest BCUT2D eigenvalue weighted by Gasteiger charge is 2.16. The minimum Gasteiger partial charge on any atom is -0.0588 e. The number of benzene rings is 1. The third kappa shape index (κ3) is 0.620. The fourth-order valence-electron chi connectivity index (χ4n) is 1.70. The fourth-order valence-corrected chi connectivity index (χ4v) is 1.70. The molecule has 0 saturated carbocycles. The van der Waals surface area contributed by atoms with E-state index < -0.39 is 0 Å². The molecule has 0 atom stereocenters. The van der Waals surface area contributed by atoms with Crippen molar-refractivity contribution >= 4 is 0 Å². The minimum atomic E-state index is 1.31. The zero-order valence-corrected chi connectivity index (χ0v) is 6.57. The minimum absolute atomic E-state index is 1.31. The molecule has 0 amide bonds. The standard InChI is InChI=1S/C10H12/c1-7-3-4-8(2)10-6-5-9(7)10/h3-4H,5-6H2,1-2H3. The molecule has 1 aromatic carbocycles. The summed E-state index contributed by atoms with van der Waals surface area (Å²) in [6.45, 7) is 4.41. The average molecular weight is 132 g/mol. The van der Waals surface area contributed by atoms with Crippen LogP contribution in [0.4, 0.5) is 0 Å². The maximum Gasteiger partial charge on any atom is -0.0233 e. The summed E-state index contributed by atoms with van der Waals surface area (Å²) in [5.41, 5.74) is 6.18. The fraction of sp³-hybridized carbons (Fsp3) is 0.400. The van der Waals surface area contributed by atoms with E-state index in [1.165, 1.54) is 24.0 Å². The molecule has 0 saturated heterocycles. The zero-order chi connectivity index (χ0) is 7.14.